The van der Waals surface area contributed by atoms with Crippen molar-refractivity contribution in [2.45, 2.75) is 8.85 Å². The molecule has 0 aliphatic rings. The van der Waals surface area contributed by atoms with Gasteiger partial charge in [-0.15, -0.1) is 50.5 Å². The van der Waals surface area contributed by atoms with Crippen LogP contribution in [0, 0.1) is 0 Å². The maximum absolute atomic E-state index is 9.99. The Hall–Kier alpha value is 1.47. The molecule has 0 fully saturated rings. The topological polar surface area (TPSA) is 46.5 Å². The molecule has 3 nitrogen and oxygen atoms in total. The van der Waals surface area contributed by atoms with Crippen LogP contribution in [0.1, 0.15) is 0 Å². The van der Waals surface area contributed by atoms with Gasteiger partial charge in [0.1, 0.15) is 3.41 Å². The predicted octanol–water partition coefficient (Wildman–Crippen LogP) is 0.839. The van der Waals surface area contributed by atoms with Crippen LogP contribution in [0.5, 0.6) is 0 Å². The van der Waals surface area contributed by atoms with Gasteiger partial charge in [-0.25, -0.2) is 0 Å². The summed E-state index contributed by atoms with van der Waals surface area (Å²) in [6, 6.07) is 0. The van der Waals surface area contributed by atoms with Gasteiger partial charge in [-0.2, -0.15) is 4.21 Å². The molecule has 1 N–H and O–H groups in total. The Morgan fingerprint density at radius 2 is 1.90 bits per heavy atom. The molecular weight excluding hydrogens is 232 g/mol. The zero-order valence-electron chi connectivity index (χ0n) is 4.54. The molecule has 0 rings (SSSR count). The molecule has 0 saturated carbocycles. The summed E-state index contributed by atoms with van der Waals surface area (Å²) < 4.78 is 21.3. The van der Waals surface area contributed by atoms with Crippen LogP contribution in [0.15, 0.2) is 0 Å². The molecule has 0 aromatic carbocycles. The van der Waals surface area contributed by atoms with Gasteiger partial charge in [-0.05, 0) is 0 Å². The van der Waals surface area contributed by atoms with Gasteiger partial charge in [0.2, 0.25) is 0 Å². The Balaban J connectivity index is 3.85. The summed E-state index contributed by atoms with van der Waals surface area (Å²) in [6.07, 6.45) is 0. The van der Waals surface area contributed by atoms with Gasteiger partial charge >= 0.3 is 11.4 Å². The Morgan fingerprint density at radius 1 is 1.50 bits per heavy atom. The van der Waals surface area contributed by atoms with Gasteiger partial charge in [0.05, 0.1) is 0 Å². The SMILES string of the molecule is O=S(O)OC(S)C(S)(S)S. The highest BCUT2D eigenvalue weighted by atomic mass is 32.2. The quantitative estimate of drug-likeness (QED) is 0.288. The molecule has 0 heterocycles. The minimum Gasteiger partial charge on any atom is -0.284 e. The smallest absolute Gasteiger partial charge is 0.284 e. The van der Waals surface area contributed by atoms with Crippen molar-refractivity contribution in [2.75, 3.05) is 0 Å². The minimum atomic E-state index is -2.37. The van der Waals surface area contributed by atoms with Gasteiger partial charge in [0.25, 0.3) is 0 Å². The highest BCUT2D eigenvalue weighted by molar-refractivity contribution is 8.18. The highest BCUT2D eigenvalue weighted by Gasteiger charge is 2.27. The van der Waals surface area contributed by atoms with Crippen LogP contribution in [0.3, 0.4) is 0 Å². The van der Waals surface area contributed by atoms with Crippen molar-refractivity contribution in [3.8, 4) is 0 Å². The number of hydrogen-bond acceptors (Lipinski definition) is 6. The Labute approximate surface area is 83.4 Å². The standard InChI is InChI=1S/C2H6O3S5/c3-10(4)5-1(6)2(7,8)9/h1,6-9H,(H,3,4). The maximum Gasteiger partial charge on any atom is 0.303 e. The maximum atomic E-state index is 9.99. The Bertz CT molecular complexity index is 129. The van der Waals surface area contributed by atoms with Crippen molar-refractivity contribution in [1.29, 1.82) is 0 Å². The second kappa shape index (κ2) is 4.48. The number of hydrogen-bond donors (Lipinski definition) is 5. The summed E-state index contributed by atoms with van der Waals surface area (Å²) in [5, 5.41) is 0. The van der Waals surface area contributed by atoms with E-state index < -0.39 is 20.2 Å². The molecule has 0 amide bonds. The average molecular weight is 238 g/mol. The average Bonchev–Trinajstić information content (AvgIpc) is 1.60. The van der Waals surface area contributed by atoms with E-state index in [0.717, 1.165) is 0 Å². The van der Waals surface area contributed by atoms with Crippen molar-refractivity contribution in [2.24, 2.45) is 0 Å². The third-order valence-electron chi connectivity index (χ3n) is 0.505. The molecule has 0 aliphatic heterocycles. The molecule has 10 heavy (non-hydrogen) atoms. The lowest BCUT2D eigenvalue weighted by molar-refractivity contribution is 0.293. The predicted molar refractivity (Wildman–Crippen MR) is 54.3 cm³/mol. The molecule has 0 aliphatic carbocycles. The fourth-order valence-electron chi connectivity index (χ4n) is 0.143. The molecule has 0 bridgehead atoms. The van der Waals surface area contributed by atoms with Crippen molar-refractivity contribution in [3.63, 3.8) is 0 Å². The van der Waals surface area contributed by atoms with Crippen LogP contribution >= 0.6 is 50.5 Å². The van der Waals surface area contributed by atoms with Crippen LogP contribution in [0.2, 0.25) is 0 Å². The zero-order chi connectivity index (χ0) is 8.36. The van der Waals surface area contributed by atoms with E-state index in [9.17, 15) is 4.21 Å². The van der Waals surface area contributed by atoms with Gasteiger partial charge < -0.3 is 0 Å². The van der Waals surface area contributed by atoms with Crippen LogP contribution in [0.25, 0.3) is 0 Å². The van der Waals surface area contributed by atoms with Crippen molar-refractivity contribution < 1.29 is 12.9 Å². The second-order valence-electron chi connectivity index (χ2n) is 1.35. The van der Waals surface area contributed by atoms with Crippen molar-refractivity contribution in [3.05, 3.63) is 0 Å². The minimum absolute atomic E-state index is 0.923. The molecule has 0 radical (unpaired) electrons. The first-order chi connectivity index (χ1) is 4.34. The van der Waals surface area contributed by atoms with E-state index in [2.05, 4.69) is 54.7 Å². The molecule has 2 unspecified atom stereocenters. The first kappa shape index (κ1) is 11.5. The summed E-state index contributed by atoms with van der Waals surface area (Å²) in [5.74, 6) is 0. The van der Waals surface area contributed by atoms with E-state index in [-0.39, 0.29) is 0 Å². The number of thiol groups is 4. The Morgan fingerprint density at radius 3 is 2.00 bits per heavy atom. The summed E-state index contributed by atoms with van der Waals surface area (Å²) >= 11 is 12.8. The number of rotatable bonds is 3. The lowest BCUT2D eigenvalue weighted by Gasteiger charge is -2.20. The summed E-state index contributed by atoms with van der Waals surface area (Å²) in [6.45, 7) is 0. The molecule has 0 spiro atoms. The van der Waals surface area contributed by atoms with E-state index in [1.54, 1.807) is 0 Å². The summed E-state index contributed by atoms with van der Waals surface area (Å²) in [5.41, 5.74) is -0.923. The molecule has 62 valence electrons. The normalized spacial score (nSPS) is 18.5. The van der Waals surface area contributed by atoms with E-state index in [1.165, 1.54) is 0 Å². The summed E-state index contributed by atoms with van der Waals surface area (Å²) in [4.78, 5) is 0. The molecule has 8 heteroatoms. The third-order valence-corrected chi connectivity index (χ3v) is 2.81. The van der Waals surface area contributed by atoms with Gasteiger partial charge in [-0.3, -0.25) is 8.74 Å². The molecule has 0 aromatic heterocycles. The molecule has 0 saturated heterocycles. The first-order valence-electron chi connectivity index (χ1n) is 1.97. The van der Waals surface area contributed by atoms with Crippen molar-refractivity contribution in [1.82, 2.24) is 0 Å². The zero-order valence-corrected chi connectivity index (χ0v) is 8.93. The van der Waals surface area contributed by atoms with Crippen molar-refractivity contribution >= 4 is 61.9 Å². The fourth-order valence-corrected chi connectivity index (χ4v) is 1.04. The van der Waals surface area contributed by atoms with E-state index in [1.807, 2.05) is 0 Å². The third kappa shape index (κ3) is 5.16. The van der Waals surface area contributed by atoms with Gasteiger partial charge in [0.15, 0.2) is 5.44 Å². The van der Waals surface area contributed by atoms with Crippen LogP contribution < -0.4 is 0 Å². The monoisotopic (exact) mass is 238 g/mol. The van der Waals surface area contributed by atoms with Gasteiger partial charge in [-0.1, -0.05) is 0 Å². The van der Waals surface area contributed by atoms with Crippen LogP contribution in [-0.2, 0) is 15.5 Å². The largest absolute Gasteiger partial charge is 0.303 e. The lowest BCUT2D eigenvalue weighted by atomic mass is 10.8. The van der Waals surface area contributed by atoms with E-state index in [0.29, 0.717) is 0 Å². The second-order valence-corrected chi connectivity index (χ2v) is 5.62. The van der Waals surface area contributed by atoms with E-state index >= 15 is 0 Å². The lowest BCUT2D eigenvalue weighted by Crippen LogP contribution is -2.23. The first-order valence-corrected chi connectivity index (χ1v) is 4.86. The highest BCUT2D eigenvalue weighted by Crippen LogP contribution is 2.32. The molecule has 2 atom stereocenters. The summed E-state index contributed by atoms with van der Waals surface area (Å²) in [7, 11) is 0. The van der Waals surface area contributed by atoms with Crippen LogP contribution in [0.4, 0.5) is 0 Å². The van der Waals surface area contributed by atoms with Gasteiger partial charge in [0, 0.05) is 0 Å². The Kier molecular flexibility index (Phi) is 5.14. The van der Waals surface area contributed by atoms with Crippen LogP contribution in [-0.4, -0.2) is 17.6 Å². The molecular formula is C2H6O3S5. The molecule has 0 aromatic rings. The van der Waals surface area contributed by atoms with E-state index in [4.69, 9.17) is 4.55 Å². The fraction of sp³-hybridized carbons (Fsp3) is 1.00.